The van der Waals surface area contributed by atoms with Gasteiger partial charge in [-0.15, -0.1) is 24.0 Å². The summed E-state index contributed by atoms with van der Waals surface area (Å²) >= 11 is 0. The number of fused-ring (bicyclic) bond motifs is 1. The van der Waals surface area contributed by atoms with Gasteiger partial charge in [0.05, 0.1) is 6.61 Å². The second-order valence-corrected chi connectivity index (χ2v) is 6.44. The van der Waals surface area contributed by atoms with Crippen molar-refractivity contribution in [2.24, 2.45) is 4.99 Å². The molecule has 0 aromatic heterocycles. The summed E-state index contributed by atoms with van der Waals surface area (Å²) in [6.07, 6.45) is 1.27. The molecule has 0 saturated heterocycles. The number of carbonyl (C=O) groups excluding carboxylic acids is 1. The normalized spacial score (nSPS) is 10.9. The van der Waals surface area contributed by atoms with Gasteiger partial charge in [-0.05, 0) is 29.8 Å². The Morgan fingerprint density at radius 3 is 2.57 bits per heavy atom. The van der Waals surface area contributed by atoms with Crippen LogP contribution >= 0.6 is 24.0 Å². The smallest absolute Gasteiger partial charge is 0.223 e. The van der Waals surface area contributed by atoms with Gasteiger partial charge in [0.1, 0.15) is 5.75 Å². The summed E-state index contributed by atoms with van der Waals surface area (Å²) in [7, 11) is 3.52. The maximum atomic E-state index is 11.6. The molecule has 0 unspecified atom stereocenters. The largest absolute Gasteiger partial charge is 0.494 e. The zero-order valence-electron chi connectivity index (χ0n) is 16.9. The fourth-order valence-corrected chi connectivity index (χ4v) is 2.56. The Bertz CT molecular complexity index is 765. The Kier molecular flexibility index (Phi) is 11.3. The van der Waals surface area contributed by atoms with Crippen molar-refractivity contribution in [1.29, 1.82) is 0 Å². The van der Waals surface area contributed by atoms with E-state index in [0.29, 0.717) is 26.1 Å². The molecule has 0 saturated carbocycles. The number of amides is 1. The molecule has 2 rings (SSSR count). The van der Waals surface area contributed by atoms with Crippen molar-refractivity contribution in [2.75, 3.05) is 40.3 Å². The van der Waals surface area contributed by atoms with Gasteiger partial charge in [-0.25, -0.2) is 0 Å². The lowest BCUT2D eigenvalue weighted by atomic mass is 10.1. The number of halogens is 1. The Morgan fingerprint density at radius 1 is 1.11 bits per heavy atom. The van der Waals surface area contributed by atoms with Gasteiger partial charge in [0.25, 0.3) is 0 Å². The maximum Gasteiger partial charge on any atom is 0.223 e. The molecule has 2 aromatic carbocycles. The summed E-state index contributed by atoms with van der Waals surface area (Å²) in [5.74, 6) is 1.71. The number of hydrogen-bond donors (Lipinski definition) is 2. The first kappa shape index (κ1) is 24.0. The lowest BCUT2D eigenvalue weighted by Crippen LogP contribution is -2.39. The Labute approximate surface area is 184 Å². The van der Waals surface area contributed by atoms with Gasteiger partial charge in [0.15, 0.2) is 5.96 Å². The summed E-state index contributed by atoms with van der Waals surface area (Å²) < 4.78 is 5.83. The molecule has 0 aliphatic rings. The molecule has 0 heterocycles. The molecule has 28 heavy (non-hydrogen) atoms. The van der Waals surface area contributed by atoms with Gasteiger partial charge < -0.3 is 20.3 Å². The predicted octanol–water partition coefficient (Wildman–Crippen LogP) is 3.26. The monoisotopic (exact) mass is 498 g/mol. The molecule has 0 bridgehead atoms. The number of benzene rings is 2. The lowest BCUT2D eigenvalue weighted by Gasteiger charge is -2.13. The first-order chi connectivity index (χ1) is 13.1. The number of rotatable bonds is 9. The molecule has 0 atom stereocenters. The number of aliphatic imine (C=N–C) groups is 1. The van der Waals surface area contributed by atoms with E-state index in [2.05, 4.69) is 39.9 Å². The van der Waals surface area contributed by atoms with Crippen LogP contribution in [0.5, 0.6) is 5.75 Å². The standard InChI is InChI=1S/C21H30N4O2.HI/c1-4-22-21(24-14-12-20(26)25(2)3)23-13-7-15-27-19-11-10-17-8-5-6-9-18(17)16-19;/h5-6,8-11,16H,4,7,12-15H2,1-3H3,(H2,22,23,24);1H. The van der Waals surface area contributed by atoms with Crippen molar-refractivity contribution in [3.8, 4) is 5.75 Å². The number of guanidine groups is 1. The minimum Gasteiger partial charge on any atom is -0.494 e. The van der Waals surface area contributed by atoms with E-state index in [4.69, 9.17) is 4.74 Å². The van der Waals surface area contributed by atoms with Crippen LogP contribution in [0.3, 0.4) is 0 Å². The molecule has 7 heteroatoms. The van der Waals surface area contributed by atoms with Crippen molar-refractivity contribution in [3.63, 3.8) is 0 Å². The number of carbonyl (C=O) groups is 1. The van der Waals surface area contributed by atoms with E-state index in [-0.39, 0.29) is 29.9 Å². The third-order valence-electron chi connectivity index (χ3n) is 4.04. The fraction of sp³-hybridized carbons (Fsp3) is 0.429. The number of nitrogens with zero attached hydrogens (tertiary/aromatic N) is 2. The Morgan fingerprint density at radius 2 is 1.86 bits per heavy atom. The average molecular weight is 498 g/mol. The molecule has 154 valence electrons. The molecule has 1 amide bonds. The molecule has 0 aliphatic heterocycles. The van der Waals surface area contributed by atoms with Crippen LogP contribution in [0.25, 0.3) is 10.8 Å². The van der Waals surface area contributed by atoms with Crippen molar-refractivity contribution in [1.82, 2.24) is 15.5 Å². The molecule has 0 aliphatic carbocycles. The summed E-state index contributed by atoms with van der Waals surface area (Å²) in [5, 5.41) is 8.76. The number of nitrogens with one attached hydrogen (secondary N) is 2. The van der Waals surface area contributed by atoms with Crippen LogP contribution in [0, 0.1) is 0 Å². The first-order valence-electron chi connectivity index (χ1n) is 9.44. The van der Waals surface area contributed by atoms with Gasteiger partial charge in [-0.2, -0.15) is 0 Å². The van der Waals surface area contributed by atoms with Gasteiger partial charge >= 0.3 is 0 Å². The van der Waals surface area contributed by atoms with Crippen LogP contribution in [-0.4, -0.2) is 57.1 Å². The molecule has 0 radical (unpaired) electrons. The molecule has 2 N–H and O–H groups in total. The van der Waals surface area contributed by atoms with Crippen LogP contribution < -0.4 is 15.4 Å². The third kappa shape index (κ3) is 8.33. The maximum absolute atomic E-state index is 11.6. The van der Waals surface area contributed by atoms with Crippen LogP contribution in [0.4, 0.5) is 0 Å². The van der Waals surface area contributed by atoms with Gasteiger partial charge in [-0.1, -0.05) is 30.3 Å². The summed E-state index contributed by atoms with van der Waals surface area (Å²) in [4.78, 5) is 17.7. The van der Waals surface area contributed by atoms with E-state index in [1.807, 2.05) is 25.1 Å². The van der Waals surface area contributed by atoms with E-state index in [9.17, 15) is 4.79 Å². The van der Waals surface area contributed by atoms with E-state index in [1.54, 1.807) is 19.0 Å². The number of hydrogen-bond acceptors (Lipinski definition) is 3. The minimum atomic E-state index is 0. The second kappa shape index (κ2) is 13.2. The Balaban J connectivity index is 0.00000392. The summed E-state index contributed by atoms with van der Waals surface area (Å²) in [6.45, 7) is 4.63. The van der Waals surface area contributed by atoms with E-state index in [0.717, 1.165) is 24.7 Å². The lowest BCUT2D eigenvalue weighted by molar-refractivity contribution is -0.128. The molecule has 6 nitrogen and oxygen atoms in total. The molecular weight excluding hydrogens is 467 g/mol. The predicted molar refractivity (Wildman–Crippen MR) is 127 cm³/mol. The Hall–Kier alpha value is -2.03. The van der Waals surface area contributed by atoms with Gasteiger partial charge in [-0.3, -0.25) is 9.79 Å². The highest BCUT2D eigenvalue weighted by Gasteiger charge is 2.04. The summed E-state index contributed by atoms with van der Waals surface area (Å²) in [6, 6.07) is 14.4. The number of ether oxygens (including phenoxy) is 1. The van der Waals surface area contributed by atoms with Crippen molar-refractivity contribution >= 4 is 46.6 Å². The van der Waals surface area contributed by atoms with E-state index >= 15 is 0 Å². The van der Waals surface area contributed by atoms with Crippen LogP contribution in [0.2, 0.25) is 0 Å². The highest BCUT2D eigenvalue weighted by atomic mass is 127. The molecule has 0 spiro atoms. The first-order valence-corrected chi connectivity index (χ1v) is 9.44. The molecule has 2 aromatic rings. The molecular formula is C21H31IN4O2. The SMILES string of the molecule is CCNC(=NCCCOc1ccc2ccccc2c1)NCCC(=O)N(C)C.I. The van der Waals surface area contributed by atoms with E-state index < -0.39 is 0 Å². The van der Waals surface area contributed by atoms with Crippen molar-refractivity contribution < 1.29 is 9.53 Å². The van der Waals surface area contributed by atoms with Crippen LogP contribution in [0.15, 0.2) is 47.5 Å². The van der Waals surface area contributed by atoms with Crippen molar-refractivity contribution in [3.05, 3.63) is 42.5 Å². The highest BCUT2D eigenvalue weighted by molar-refractivity contribution is 14.0. The van der Waals surface area contributed by atoms with Crippen LogP contribution in [0.1, 0.15) is 19.8 Å². The molecule has 0 fully saturated rings. The van der Waals surface area contributed by atoms with E-state index in [1.165, 1.54) is 10.8 Å². The minimum absolute atomic E-state index is 0. The van der Waals surface area contributed by atoms with Crippen molar-refractivity contribution in [2.45, 2.75) is 19.8 Å². The third-order valence-corrected chi connectivity index (χ3v) is 4.04. The summed E-state index contributed by atoms with van der Waals surface area (Å²) in [5.41, 5.74) is 0. The second-order valence-electron chi connectivity index (χ2n) is 6.44. The van der Waals surface area contributed by atoms with Gasteiger partial charge in [0, 0.05) is 46.6 Å². The average Bonchev–Trinajstić information content (AvgIpc) is 2.67. The zero-order chi connectivity index (χ0) is 19.5. The highest BCUT2D eigenvalue weighted by Crippen LogP contribution is 2.20. The quantitative estimate of drug-likeness (QED) is 0.241. The topological polar surface area (TPSA) is 66.0 Å². The zero-order valence-corrected chi connectivity index (χ0v) is 19.2. The van der Waals surface area contributed by atoms with Gasteiger partial charge in [0.2, 0.25) is 5.91 Å². The van der Waals surface area contributed by atoms with Crippen LogP contribution in [-0.2, 0) is 4.79 Å². The fourth-order valence-electron chi connectivity index (χ4n) is 2.56.